The van der Waals surface area contributed by atoms with E-state index in [0.717, 1.165) is 44.0 Å². The molecular formula is C27H39N5O. The summed E-state index contributed by atoms with van der Waals surface area (Å²) in [6, 6.07) is 21.7. The van der Waals surface area contributed by atoms with Crippen LogP contribution in [0.1, 0.15) is 44.2 Å². The van der Waals surface area contributed by atoms with Gasteiger partial charge in [-0.3, -0.25) is 14.7 Å². The number of likely N-dealkylation sites (tertiary alicyclic amines) is 1. The van der Waals surface area contributed by atoms with Gasteiger partial charge in [-0.05, 0) is 37.8 Å². The van der Waals surface area contributed by atoms with Crippen molar-refractivity contribution < 1.29 is 4.79 Å². The molecular weight excluding hydrogens is 410 g/mol. The molecule has 0 radical (unpaired) electrons. The predicted molar refractivity (Wildman–Crippen MR) is 136 cm³/mol. The first-order chi connectivity index (χ1) is 16.0. The van der Waals surface area contributed by atoms with Gasteiger partial charge in [0.25, 0.3) is 0 Å². The van der Waals surface area contributed by atoms with Crippen LogP contribution in [0.25, 0.3) is 0 Å². The van der Waals surface area contributed by atoms with E-state index < -0.39 is 0 Å². The molecule has 0 spiro atoms. The van der Waals surface area contributed by atoms with Crippen molar-refractivity contribution in [2.24, 2.45) is 4.99 Å². The summed E-state index contributed by atoms with van der Waals surface area (Å²) in [6.45, 7) is 8.35. The lowest BCUT2D eigenvalue weighted by Gasteiger charge is -2.38. The number of benzene rings is 2. The summed E-state index contributed by atoms with van der Waals surface area (Å²) < 4.78 is 0. The molecule has 2 aromatic carbocycles. The third-order valence-corrected chi connectivity index (χ3v) is 6.21. The molecule has 3 rings (SSSR count). The minimum Gasteiger partial charge on any atom is -0.357 e. The highest BCUT2D eigenvalue weighted by molar-refractivity contribution is 5.81. The number of rotatable bonds is 9. The Bertz CT molecular complexity index is 871. The van der Waals surface area contributed by atoms with E-state index in [0.29, 0.717) is 31.6 Å². The van der Waals surface area contributed by atoms with Gasteiger partial charge in [0, 0.05) is 51.7 Å². The van der Waals surface area contributed by atoms with E-state index in [4.69, 9.17) is 0 Å². The molecule has 1 saturated heterocycles. The number of nitrogens with one attached hydrogen (secondary N) is 2. The van der Waals surface area contributed by atoms with Crippen LogP contribution >= 0.6 is 0 Å². The third-order valence-electron chi connectivity index (χ3n) is 6.21. The van der Waals surface area contributed by atoms with E-state index in [-0.39, 0.29) is 5.91 Å². The second kappa shape index (κ2) is 13.0. The monoisotopic (exact) mass is 449 g/mol. The zero-order valence-electron chi connectivity index (χ0n) is 20.3. The van der Waals surface area contributed by atoms with Crippen LogP contribution in [0.4, 0.5) is 0 Å². The number of amides is 1. The summed E-state index contributed by atoms with van der Waals surface area (Å²) in [5.74, 6) is 0.922. The van der Waals surface area contributed by atoms with Crippen molar-refractivity contribution >= 4 is 11.9 Å². The molecule has 178 valence electrons. The average molecular weight is 450 g/mol. The van der Waals surface area contributed by atoms with Crippen molar-refractivity contribution in [3.05, 3.63) is 71.8 Å². The number of hydrogen-bond donors (Lipinski definition) is 2. The molecule has 0 saturated carbocycles. The summed E-state index contributed by atoms with van der Waals surface area (Å²) in [7, 11) is 1.85. The Balaban J connectivity index is 1.45. The SMILES string of the molecule is CCNC(=NCCC(=O)N(C)Cc1ccccc1)NC1CCN(Cc2ccccc2)C(C)C1. The predicted octanol–water partition coefficient (Wildman–Crippen LogP) is 3.64. The van der Waals surface area contributed by atoms with Crippen LogP contribution in [-0.4, -0.2) is 60.4 Å². The van der Waals surface area contributed by atoms with E-state index in [1.807, 2.05) is 37.4 Å². The van der Waals surface area contributed by atoms with Gasteiger partial charge in [0.1, 0.15) is 0 Å². The zero-order chi connectivity index (χ0) is 23.5. The summed E-state index contributed by atoms with van der Waals surface area (Å²) >= 11 is 0. The molecule has 2 N–H and O–H groups in total. The van der Waals surface area contributed by atoms with E-state index in [1.54, 1.807) is 4.90 Å². The first-order valence-electron chi connectivity index (χ1n) is 12.2. The third kappa shape index (κ3) is 8.21. The fraction of sp³-hybridized carbons (Fsp3) is 0.481. The van der Waals surface area contributed by atoms with E-state index >= 15 is 0 Å². The van der Waals surface area contributed by atoms with Gasteiger partial charge in [0.2, 0.25) is 5.91 Å². The van der Waals surface area contributed by atoms with Crippen molar-refractivity contribution in [3.8, 4) is 0 Å². The molecule has 6 heteroatoms. The Morgan fingerprint density at radius 3 is 2.39 bits per heavy atom. The van der Waals surface area contributed by atoms with Gasteiger partial charge in [-0.15, -0.1) is 0 Å². The van der Waals surface area contributed by atoms with Crippen molar-refractivity contribution in [1.82, 2.24) is 20.4 Å². The van der Waals surface area contributed by atoms with Crippen molar-refractivity contribution in [1.29, 1.82) is 0 Å². The number of guanidine groups is 1. The van der Waals surface area contributed by atoms with Gasteiger partial charge in [0.15, 0.2) is 5.96 Å². The van der Waals surface area contributed by atoms with Gasteiger partial charge < -0.3 is 15.5 Å². The molecule has 0 aromatic heterocycles. The van der Waals surface area contributed by atoms with Gasteiger partial charge in [-0.25, -0.2) is 0 Å². The van der Waals surface area contributed by atoms with Crippen LogP contribution in [0.5, 0.6) is 0 Å². The van der Waals surface area contributed by atoms with Crippen LogP contribution in [-0.2, 0) is 17.9 Å². The summed E-state index contributed by atoms with van der Waals surface area (Å²) in [4.78, 5) is 21.5. The van der Waals surface area contributed by atoms with Crippen molar-refractivity contribution in [2.45, 2.75) is 58.3 Å². The lowest BCUT2D eigenvalue weighted by atomic mass is 9.97. The molecule has 0 aliphatic carbocycles. The summed E-state index contributed by atoms with van der Waals surface area (Å²) in [5.41, 5.74) is 2.51. The number of hydrogen-bond acceptors (Lipinski definition) is 3. The van der Waals surface area contributed by atoms with Gasteiger partial charge in [-0.1, -0.05) is 60.7 Å². The molecule has 0 bridgehead atoms. The molecule has 6 nitrogen and oxygen atoms in total. The maximum atomic E-state index is 12.5. The van der Waals surface area contributed by atoms with Gasteiger partial charge >= 0.3 is 0 Å². The number of nitrogens with zero attached hydrogens (tertiary/aromatic N) is 3. The zero-order valence-corrected chi connectivity index (χ0v) is 20.3. The molecule has 2 unspecified atom stereocenters. The first-order valence-corrected chi connectivity index (χ1v) is 12.2. The normalized spacial score (nSPS) is 19.2. The minimum absolute atomic E-state index is 0.112. The fourth-order valence-corrected chi connectivity index (χ4v) is 4.32. The van der Waals surface area contributed by atoms with Crippen LogP contribution in [0.3, 0.4) is 0 Å². The number of aliphatic imine (C=N–C) groups is 1. The topological polar surface area (TPSA) is 60.0 Å². The van der Waals surface area contributed by atoms with Crippen molar-refractivity contribution in [2.75, 3.05) is 26.7 Å². The van der Waals surface area contributed by atoms with E-state index in [9.17, 15) is 4.79 Å². The Morgan fingerprint density at radius 1 is 1.09 bits per heavy atom. The van der Waals surface area contributed by atoms with Crippen molar-refractivity contribution in [3.63, 3.8) is 0 Å². The largest absolute Gasteiger partial charge is 0.357 e. The maximum absolute atomic E-state index is 12.5. The van der Waals surface area contributed by atoms with Gasteiger partial charge in [0.05, 0.1) is 6.54 Å². The quantitative estimate of drug-likeness (QED) is 0.453. The molecule has 1 heterocycles. The molecule has 2 atom stereocenters. The molecule has 33 heavy (non-hydrogen) atoms. The smallest absolute Gasteiger partial charge is 0.224 e. The summed E-state index contributed by atoms with van der Waals surface area (Å²) in [6.07, 6.45) is 2.57. The second-order valence-electron chi connectivity index (χ2n) is 8.92. The Hall–Kier alpha value is -2.86. The van der Waals surface area contributed by atoms with Crippen LogP contribution in [0.2, 0.25) is 0 Å². The Morgan fingerprint density at radius 2 is 1.76 bits per heavy atom. The highest BCUT2D eigenvalue weighted by Gasteiger charge is 2.26. The first kappa shape index (κ1) is 24.8. The highest BCUT2D eigenvalue weighted by atomic mass is 16.2. The lowest BCUT2D eigenvalue weighted by molar-refractivity contribution is -0.130. The maximum Gasteiger partial charge on any atom is 0.224 e. The van der Waals surface area contributed by atoms with E-state index in [2.05, 4.69) is 64.7 Å². The average Bonchev–Trinajstić information content (AvgIpc) is 2.82. The molecule has 1 aliphatic rings. The molecule has 1 amide bonds. The second-order valence-corrected chi connectivity index (χ2v) is 8.92. The van der Waals surface area contributed by atoms with Gasteiger partial charge in [-0.2, -0.15) is 0 Å². The van der Waals surface area contributed by atoms with Crippen LogP contribution in [0.15, 0.2) is 65.7 Å². The summed E-state index contributed by atoms with van der Waals surface area (Å²) in [5, 5.41) is 6.94. The fourth-order valence-electron chi connectivity index (χ4n) is 4.32. The minimum atomic E-state index is 0.112. The molecule has 2 aromatic rings. The van der Waals surface area contributed by atoms with Crippen LogP contribution in [0, 0.1) is 0 Å². The standard InChI is InChI=1S/C27H39N5O/c1-4-28-27(29-17-15-26(33)31(3)20-23-11-7-5-8-12-23)30-25-16-18-32(22(2)19-25)21-24-13-9-6-10-14-24/h5-14,22,25H,4,15-21H2,1-3H3,(H2,28,29,30). The highest BCUT2D eigenvalue weighted by Crippen LogP contribution is 2.20. The van der Waals surface area contributed by atoms with Crippen LogP contribution < -0.4 is 10.6 Å². The lowest BCUT2D eigenvalue weighted by Crippen LogP contribution is -2.51. The Labute approximate surface area is 199 Å². The number of piperidine rings is 1. The van der Waals surface area contributed by atoms with E-state index in [1.165, 1.54) is 5.56 Å². The molecule has 1 fully saturated rings. The Kier molecular flexibility index (Phi) is 9.76. The number of carbonyl (C=O) groups excluding carboxylic acids is 1. The number of carbonyl (C=O) groups is 1. The molecule has 1 aliphatic heterocycles.